The number of para-hydroxylation sites is 1. The van der Waals surface area contributed by atoms with Gasteiger partial charge in [0.25, 0.3) is 0 Å². The van der Waals surface area contributed by atoms with Crippen LogP contribution in [0, 0.1) is 0 Å². The molecule has 9 aromatic rings. The highest BCUT2D eigenvalue weighted by Gasteiger charge is 2.39. The van der Waals surface area contributed by atoms with E-state index < -0.39 is 0 Å². The lowest BCUT2D eigenvalue weighted by Crippen LogP contribution is -2.15. The number of hydrogen-bond donors (Lipinski definition) is 0. The second-order valence-corrected chi connectivity index (χ2v) is 16.1. The van der Waals surface area contributed by atoms with Gasteiger partial charge in [0, 0.05) is 32.7 Å². The standard InChI is InChI=1S/C51H38N4/c1-50(2)40-19-11-8-16-35(40)37-27-26-34(30-42(37)50)48-52-47(33-24-22-32(23-25-33)31-14-6-5-7-15-31)53-49(54-48)55-43-21-13-10-18-39(43)45-44(55)29-28-38-36-17-9-12-20-41(36)51(3,4)46(38)45/h5-30H,1-4H3. The summed E-state index contributed by atoms with van der Waals surface area (Å²) in [5.41, 5.74) is 16.6. The van der Waals surface area contributed by atoms with Crippen LogP contribution in [0.5, 0.6) is 0 Å². The van der Waals surface area contributed by atoms with Crippen LogP contribution < -0.4 is 0 Å². The summed E-state index contributed by atoms with van der Waals surface area (Å²) in [5.74, 6) is 1.90. The zero-order valence-corrected chi connectivity index (χ0v) is 31.3. The maximum Gasteiger partial charge on any atom is 0.238 e. The Labute approximate surface area is 320 Å². The molecule has 55 heavy (non-hydrogen) atoms. The third kappa shape index (κ3) is 4.55. The highest BCUT2D eigenvalue weighted by atomic mass is 15.2. The van der Waals surface area contributed by atoms with Gasteiger partial charge in [-0.1, -0.05) is 167 Å². The zero-order chi connectivity index (χ0) is 37.1. The van der Waals surface area contributed by atoms with Gasteiger partial charge in [0.1, 0.15) is 0 Å². The summed E-state index contributed by atoms with van der Waals surface area (Å²) < 4.78 is 2.25. The Morgan fingerprint density at radius 2 is 0.945 bits per heavy atom. The monoisotopic (exact) mass is 706 g/mol. The summed E-state index contributed by atoms with van der Waals surface area (Å²) in [5, 5.41) is 2.45. The lowest BCUT2D eigenvalue weighted by molar-refractivity contribution is 0.660. The third-order valence-corrected chi connectivity index (χ3v) is 12.3. The van der Waals surface area contributed by atoms with Crippen molar-refractivity contribution < 1.29 is 0 Å². The summed E-state index contributed by atoms with van der Waals surface area (Å²) in [6, 6.07) is 56.7. The molecular weight excluding hydrogens is 669 g/mol. The molecule has 0 fully saturated rings. The smallest absolute Gasteiger partial charge is 0.238 e. The molecule has 11 rings (SSSR count). The first-order valence-corrected chi connectivity index (χ1v) is 19.1. The van der Waals surface area contributed by atoms with Crippen LogP contribution in [-0.2, 0) is 10.8 Å². The van der Waals surface area contributed by atoms with E-state index in [-0.39, 0.29) is 10.8 Å². The van der Waals surface area contributed by atoms with Crippen molar-refractivity contribution in [2.45, 2.75) is 38.5 Å². The van der Waals surface area contributed by atoms with Gasteiger partial charge in [-0.05, 0) is 73.8 Å². The van der Waals surface area contributed by atoms with Crippen LogP contribution in [0.4, 0.5) is 0 Å². The van der Waals surface area contributed by atoms with Crippen molar-refractivity contribution in [1.29, 1.82) is 0 Å². The van der Waals surface area contributed by atoms with Crippen LogP contribution in [0.25, 0.3) is 83.9 Å². The van der Waals surface area contributed by atoms with Gasteiger partial charge in [-0.25, -0.2) is 4.98 Å². The van der Waals surface area contributed by atoms with Crippen molar-refractivity contribution in [2.24, 2.45) is 0 Å². The zero-order valence-electron chi connectivity index (χ0n) is 31.3. The SMILES string of the molecule is CC1(C)c2ccccc2-c2ccc(-c3nc(-c4ccc(-c5ccccc5)cc4)nc(-n4c5ccccc5c5c6c(ccc54)-c4ccccc4C6(C)C)n3)cc21. The normalized spacial score (nSPS) is 14.5. The number of fused-ring (bicyclic) bond motifs is 10. The summed E-state index contributed by atoms with van der Waals surface area (Å²) in [6.07, 6.45) is 0. The summed E-state index contributed by atoms with van der Waals surface area (Å²) >= 11 is 0. The van der Waals surface area contributed by atoms with Crippen molar-refractivity contribution in [2.75, 3.05) is 0 Å². The second-order valence-electron chi connectivity index (χ2n) is 16.1. The van der Waals surface area contributed by atoms with E-state index in [4.69, 9.17) is 15.0 Å². The molecule has 0 unspecified atom stereocenters. The first-order chi connectivity index (χ1) is 26.8. The van der Waals surface area contributed by atoms with Crippen molar-refractivity contribution in [1.82, 2.24) is 19.5 Å². The third-order valence-electron chi connectivity index (χ3n) is 12.3. The minimum atomic E-state index is -0.175. The Bertz CT molecular complexity index is 3020. The van der Waals surface area contributed by atoms with Gasteiger partial charge in [0.15, 0.2) is 11.6 Å². The van der Waals surface area contributed by atoms with Gasteiger partial charge in [-0.3, -0.25) is 4.57 Å². The maximum atomic E-state index is 5.37. The Hall–Kier alpha value is -6.65. The Morgan fingerprint density at radius 1 is 0.400 bits per heavy atom. The van der Waals surface area contributed by atoms with E-state index in [9.17, 15) is 0 Å². The fourth-order valence-electron chi connectivity index (χ4n) is 9.56. The average Bonchev–Trinajstić information content (AvgIpc) is 3.78. The summed E-state index contributed by atoms with van der Waals surface area (Å²) in [6.45, 7) is 9.34. The molecule has 0 bridgehead atoms. The molecule has 0 amide bonds. The van der Waals surface area contributed by atoms with E-state index in [0.29, 0.717) is 17.6 Å². The molecule has 0 saturated carbocycles. The fourth-order valence-corrected chi connectivity index (χ4v) is 9.56. The van der Waals surface area contributed by atoms with E-state index in [2.05, 4.69) is 184 Å². The number of hydrogen-bond acceptors (Lipinski definition) is 3. The molecule has 4 nitrogen and oxygen atoms in total. The molecule has 2 aliphatic rings. The van der Waals surface area contributed by atoms with E-state index in [1.54, 1.807) is 0 Å². The van der Waals surface area contributed by atoms with Crippen molar-refractivity contribution in [3.8, 4) is 62.1 Å². The van der Waals surface area contributed by atoms with Gasteiger partial charge in [-0.2, -0.15) is 9.97 Å². The molecule has 0 atom stereocenters. The van der Waals surface area contributed by atoms with E-state index >= 15 is 0 Å². The lowest BCUT2D eigenvalue weighted by atomic mass is 9.80. The molecule has 0 N–H and O–H groups in total. The van der Waals surface area contributed by atoms with Gasteiger partial charge < -0.3 is 0 Å². The molecular formula is C51H38N4. The number of nitrogens with zero attached hydrogens (tertiary/aromatic N) is 4. The van der Waals surface area contributed by atoms with Gasteiger partial charge in [-0.15, -0.1) is 0 Å². The second kappa shape index (κ2) is 11.4. The van der Waals surface area contributed by atoms with Gasteiger partial charge >= 0.3 is 0 Å². The predicted molar refractivity (Wildman–Crippen MR) is 226 cm³/mol. The molecule has 0 spiro atoms. The average molecular weight is 707 g/mol. The van der Waals surface area contributed by atoms with Crippen molar-refractivity contribution in [3.05, 3.63) is 180 Å². The number of benzene rings is 7. The largest absolute Gasteiger partial charge is 0.278 e. The number of aromatic nitrogens is 4. The van der Waals surface area contributed by atoms with Crippen LogP contribution in [0.2, 0.25) is 0 Å². The van der Waals surface area contributed by atoms with Crippen molar-refractivity contribution >= 4 is 21.8 Å². The molecule has 262 valence electrons. The topological polar surface area (TPSA) is 43.6 Å². The van der Waals surface area contributed by atoms with E-state index in [1.807, 2.05) is 6.07 Å². The molecule has 7 aromatic carbocycles. The van der Waals surface area contributed by atoms with E-state index in [0.717, 1.165) is 27.7 Å². The lowest BCUT2D eigenvalue weighted by Gasteiger charge is -2.22. The predicted octanol–water partition coefficient (Wildman–Crippen LogP) is 12.6. The Morgan fingerprint density at radius 3 is 1.71 bits per heavy atom. The first kappa shape index (κ1) is 31.8. The van der Waals surface area contributed by atoms with Crippen LogP contribution in [0.1, 0.15) is 49.9 Å². The first-order valence-electron chi connectivity index (χ1n) is 19.1. The van der Waals surface area contributed by atoms with Crippen LogP contribution >= 0.6 is 0 Å². The molecule has 0 aliphatic heterocycles. The van der Waals surface area contributed by atoms with Crippen molar-refractivity contribution in [3.63, 3.8) is 0 Å². The minimum absolute atomic E-state index is 0.147. The maximum absolute atomic E-state index is 5.37. The summed E-state index contributed by atoms with van der Waals surface area (Å²) in [7, 11) is 0. The molecule has 2 heterocycles. The molecule has 4 heteroatoms. The van der Waals surface area contributed by atoms with Crippen LogP contribution in [-0.4, -0.2) is 19.5 Å². The summed E-state index contributed by atoms with van der Waals surface area (Å²) in [4.78, 5) is 15.9. The minimum Gasteiger partial charge on any atom is -0.278 e. The highest BCUT2D eigenvalue weighted by Crippen LogP contribution is 2.53. The molecule has 0 saturated heterocycles. The van der Waals surface area contributed by atoms with Gasteiger partial charge in [0.05, 0.1) is 11.0 Å². The quantitative estimate of drug-likeness (QED) is 0.183. The van der Waals surface area contributed by atoms with E-state index in [1.165, 1.54) is 60.8 Å². The molecule has 2 aliphatic carbocycles. The van der Waals surface area contributed by atoms with Crippen LogP contribution in [0.15, 0.2) is 158 Å². The van der Waals surface area contributed by atoms with Gasteiger partial charge in [0.2, 0.25) is 5.95 Å². The molecule has 0 radical (unpaired) electrons. The Kier molecular flexibility index (Phi) is 6.61. The number of rotatable bonds is 4. The highest BCUT2D eigenvalue weighted by molar-refractivity contribution is 6.14. The fraction of sp³-hybridized carbons (Fsp3) is 0.118. The molecule has 2 aromatic heterocycles. The van der Waals surface area contributed by atoms with Crippen LogP contribution in [0.3, 0.4) is 0 Å². The Balaban J connectivity index is 1.15.